The zero-order chi connectivity index (χ0) is 40.6. The number of aliphatic hydroxyl groups is 2. The topological polar surface area (TPSA) is 211 Å². The van der Waals surface area contributed by atoms with Crippen LogP contribution in [0.2, 0.25) is 0 Å². The monoisotopic (exact) mass is 811 g/mol. The number of benzene rings is 2. The summed E-state index contributed by atoms with van der Waals surface area (Å²) in [6.07, 6.45) is -4.70. The van der Waals surface area contributed by atoms with Crippen molar-refractivity contribution in [1.82, 2.24) is 0 Å². The SMILES string of the molecule is CC.CC1(N)OCC2OC(OC3c4cc5c(cc4CCC3COC=O)OCO5)C(O)C(O)C2O1.COc1cccc(OC)c1OC(=O)SCC1COC(C)(C)O1. The normalized spacial score (nSPS) is 30.9. The fourth-order valence-electron chi connectivity index (χ4n) is 6.78. The predicted octanol–water partition coefficient (Wildman–Crippen LogP) is 3.82. The highest BCUT2D eigenvalue weighted by Gasteiger charge is 2.52. The second-order valence-corrected chi connectivity index (χ2v) is 14.7. The first-order valence-corrected chi connectivity index (χ1v) is 19.4. The van der Waals surface area contributed by atoms with Crippen molar-refractivity contribution in [3.8, 4) is 28.7 Å². The van der Waals surface area contributed by atoms with Crippen LogP contribution in [0.4, 0.5) is 4.79 Å². The summed E-state index contributed by atoms with van der Waals surface area (Å²) < 4.78 is 66.0. The van der Waals surface area contributed by atoms with Crippen LogP contribution in [0.5, 0.6) is 28.7 Å². The van der Waals surface area contributed by atoms with Gasteiger partial charge in [-0.05, 0) is 73.8 Å². The van der Waals surface area contributed by atoms with Crippen molar-refractivity contribution in [3.63, 3.8) is 0 Å². The average Bonchev–Trinajstić information content (AvgIpc) is 3.80. The standard InChI is InChI=1S/C21H27NO10.C15H20O6S.C2H6/c1-21(22)29-7-15-19(32-21)16(24)17(25)20(30-15)31-18-11(6-26-8-23)3-2-10-4-13-14(5-12(10)18)28-9-27-13;1-15(2)19-8-10(21-15)9-22-14(16)20-13-11(17-3)6-5-7-12(13)18-4;1-2/h4-5,8,11,15-20,24-25H,2-3,6-7,9,22H2,1H3;5-7,10H,8-9H2,1-4H3;1-2H3. The van der Waals surface area contributed by atoms with Crippen molar-refractivity contribution in [3.05, 3.63) is 41.5 Å². The summed E-state index contributed by atoms with van der Waals surface area (Å²) in [5, 5.41) is 21.0. The van der Waals surface area contributed by atoms with Gasteiger partial charge in [0.05, 0.1) is 46.2 Å². The molecule has 0 amide bonds. The molecule has 4 N–H and O–H groups in total. The number of thioether (sulfide) groups is 1. The lowest BCUT2D eigenvalue weighted by Crippen LogP contribution is -2.67. The maximum absolute atomic E-state index is 12.0. The van der Waals surface area contributed by atoms with E-state index in [9.17, 15) is 19.8 Å². The fourth-order valence-corrected chi connectivity index (χ4v) is 7.40. The average molecular weight is 812 g/mol. The van der Waals surface area contributed by atoms with Crippen LogP contribution in [0.25, 0.3) is 0 Å². The molecule has 9 unspecified atom stereocenters. The van der Waals surface area contributed by atoms with Crippen molar-refractivity contribution in [1.29, 1.82) is 0 Å². The largest absolute Gasteiger partial charge is 0.493 e. The molecule has 0 bridgehead atoms. The van der Waals surface area contributed by atoms with E-state index in [2.05, 4.69) is 0 Å². The van der Waals surface area contributed by atoms with Crippen LogP contribution in [-0.2, 0) is 44.4 Å². The molecule has 4 aliphatic heterocycles. The number of aryl methyl sites for hydroxylation is 1. The number of para-hydroxylation sites is 1. The van der Waals surface area contributed by atoms with Gasteiger partial charge in [-0.3, -0.25) is 10.5 Å². The molecule has 17 nitrogen and oxygen atoms in total. The zero-order valence-electron chi connectivity index (χ0n) is 32.6. The number of ether oxygens (including phenoxy) is 12. The Labute approximate surface area is 330 Å². The smallest absolute Gasteiger partial charge is 0.373 e. The van der Waals surface area contributed by atoms with E-state index >= 15 is 0 Å². The van der Waals surface area contributed by atoms with E-state index < -0.39 is 53.8 Å². The van der Waals surface area contributed by atoms with E-state index in [1.807, 2.05) is 39.8 Å². The molecule has 0 saturated carbocycles. The van der Waals surface area contributed by atoms with Gasteiger partial charge in [-0.1, -0.05) is 19.9 Å². The Kier molecular flexibility index (Phi) is 15.1. The third kappa shape index (κ3) is 10.5. The lowest BCUT2D eigenvalue weighted by atomic mass is 9.81. The number of fused-ring (bicyclic) bond motifs is 3. The lowest BCUT2D eigenvalue weighted by molar-refractivity contribution is -0.391. The van der Waals surface area contributed by atoms with E-state index in [-0.39, 0.29) is 37.8 Å². The van der Waals surface area contributed by atoms with Gasteiger partial charge in [-0.15, -0.1) is 0 Å². The summed E-state index contributed by atoms with van der Waals surface area (Å²) in [6, 6.07) is 8.92. The molecule has 2 aromatic carbocycles. The summed E-state index contributed by atoms with van der Waals surface area (Å²) in [4.78, 5) is 22.8. The molecule has 9 atom stereocenters. The number of rotatable bonds is 10. The maximum atomic E-state index is 12.0. The minimum absolute atomic E-state index is 0.0684. The summed E-state index contributed by atoms with van der Waals surface area (Å²) >= 11 is 1.03. The number of hydrogen-bond acceptors (Lipinski definition) is 18. The van der Waals surface area contributed by atoms with E-state index in [4.69, 9.17) is 62.6 Å². The number of hydrogen-bond donors (Lipinski definition) is 3. The molecule has 0 spiro atoms. The van der Waals surface area contributed by atoms with Crippen LogP contribution in [0.15, 0.2) is 30.3 Å². The molecule has 312 valence electrons. The Morgan fingerprint density at radius 3 is 2.34 bits per heavy atom. The van der Waals surface area contributed by atoms with E-state index in [0.29, 0.717) is 48.3 Å². The van der Waals surface area contributed by atoms with Crippen LogP contribution < -0.4 is 29.4 Å². The summed E-state index contributed by atoms with van der Waals surface area (Å²) in [5.41, 5.74) is 7.69. The van der Waals surface area contributed by atoms with Gasteiger partial charge in [0.25, 0.3) is 6.47 Å². The van der Waals surface area contributed by atoms with Crippen molar-refractivity contribution in [2.24, 2.45) is 11.7 Å². The van der Waals surface area contributed by atoms with Crippen LogP contribution in [0.3, 0.4) is 0 Å². The van der Waals surface area contributed by atoms with E-state index in [0.717, 1.165) is 29.3 Å². The molecule has 4 heterocycles. The molecular weight excluding hydrogens is 758 g/mol. The second-order valence-electron chi connectivity index (χ2n) is 13.7. The fraction of sp³-hybridized carbons (Fsp3) is 0.632. The molecule has 5 aliphatic rings. The van der Waals surface area contributed by atoms with E-state index in [1.54, 1.807) is 18.2 Å². The van der Waals surface area contributed by atoms with Gasteiger partial charge in [-0.2, -0.15) is 0 Å². The van der Waals surface area contributed by atoms with Crippen molar-refractivity contribution < 1.29 is 76.6 Å². The molecule has 7 rings (SSSR count). The molecular formula is C38H53NO16S. The minimum Gasteiger partial charge on any atom is -0.493 e. The summed E-state index contributed by atoms with van der Waals surface area (Å²) in [7, 11) is 3.01. The van der Waals surface area contributed by atoms with Crippen molar-refractivity contribution >= 4 is 23.5 Å². The third-order valence-corrected chi connectivity index (χ3v) is 10.2. The molecule has 0 aromatic heterocycles. The van der Waals surface area contributed by atoms with Crippen LogP contribution in [0.1, 0.15) is 58.3 Å². The first-order valence-electron chi connectivity index (χ1n) is 18.4. The highest BCUT2D eigenvalue weighted by Crippen LogP contribution is 2.46. The summed E-state index contributed by atoms with van der Waals surface area (Å²) in [6.45, 7) is 10.4. The Balaban J connectivity index is 0.000000219. The summed E-state index contributed by atoms with van der Waals surface area (Å²) in [5.74, 6) is 0.694. The lowest BCUT2D eigenvalue weighted by Gasteiger charge is -2.49. The molecule has 0 radical (unpaired) electrons. The first-order chi connectivity index (χ1) is 26.8. The van der Waals surface area contributed by atoms with Crippen LogP contribution in [-0.4, -0.2) is 117 Å². The number of nitrogens with two attached hydrogens (primary N) is 1. The predicted molar refractivity (Wildman–Crippen MR) is 199 cm³/mol. The van der Waals surface area contributed by atoms with Gasteiger partial charge in [0.15, 0.2) is 35.1 Å². The molecule has 18 heteroatoms. The Bertz CT molecular complexity index is 1600. The minimum atomic E-state index is -1.39. The highest BCUT2D eigenvalue weighted by atomic mass is 32.2. The quantitative estimate of drug-likeness (QED) is 0.230. The number of aliphatic hydroxyl groups excluding tert-OH is 2. The first kappa shape index (κ1) is 43.7. The van der Waals surface area contributed by atoms with Gasteiger partial charge in [0.1, 0.15) is 24.4 Å². The van der Waals surface area contributed by atoms with E-state index in [1.165, 1.54) is 21.1 Å². The Morgan fingerprint density at radius 2 is 1.70 bits per heavy atom. The maximum Gasteiger partial charge on any atom is 0.373 e. The second kappa shape index (κ2) is 19.3. The highest BCUT2D eigenvalue weighted by molar-refractivity contribution is 8.13. The van der Waals surface area contributed by atoms with Gasteiger partial charge >= 0.3 is 5.30 Å². The van der Waals surface area contributed by atoms with Gasteiger partial charge in [-0.25, -0.2) is 4.79 Å². The Hall–Kier alpha value is -3.43. The molecule has 3 fully saturated rings. The van der Waals surface area contributed by atoms with Crippen molar-refractivity contribution in [2.45, 2.75) is 102 Å². The number of methoxy groups -OCH3 is 2. The van der Waals surface area contributed by atoms with Gasteiger partial charge in [0, 0.05) is 18.6 Å². The molecule has 56 heavy (non-hydrogen) atoms. The number of carbonyl (C=O) groups is 2. The third-order valence-electron chi connectivity index (χ3n) is 9.38. The van der Waals surface area contributed by atoms with Crippen LogP contribution in [0, 0.1) is 5.92 Å². The Morgan fingerprint density at radius 1 is 1.00 bits per heavy atom. The molecule has 1 aliphatic carbocycles. The van der Waals surface area contributed by atoms with Gasteiger partial charge in [0.2, 0.25) is 18.5 Å². The number of carbonyl (C=O) groups excluding carboxylic acids is 2. The molecule has 3 saturated heterocycles. The van der Waals surface area contributed by atoms with Crippen LogP contribution >= 0.6 is 11.8 Å². The van der Waals surface area contributed by atoms with Gasteiger partial charge < -0.3 is 67.1 Å². The molecule has 2 aromatic rings. The van der Waals surface area contributed by atoms with Crippen molar-refractivity contribution in [2.75, 3.05) is 46.6 Å². The zero-order valence-corrected chi connectivity index (χ0v) is 33.4.